The lowest BCUT2D eigenvalue weighted by Gasteiger charge is -2.26. The highest BCUT2D eigenvalue weighted by Crippen LogP contribution is 2.36. The molecule has 2 atom stereocenters. The van der Waals surface area contributed by atoms with Crippen LogP contribution in [0.4, 0.5) is 10.6 Å². The average Bonchev–Trinajstić information content (AvgIpc) is 3.06. The summed E-state index contributed by atoms with van der Waals surface area (Å²) < 4.78 is 33.2. The molecule has 1 aromatic rings. The fourth-order valence-corrected chi connectivity index (χ4v) is 5.53. The third-order valence-corrected chi connectivity index (χ3v) is 6.87. The first-order valence-electron chi connectivity index (χ1n) is 8.36. The van der Waals surface area contributed by atoms with E-state index in [-0.39, 0.29) is 28.6 Å². The van der Waals surface area contributed by atoms with Gasteiger partial charge in [-0.15, -0.1) is 0 Å². The Bertz CT molecular complexity index is 810. The van der Waals surface area contributed by atoms with Gasteiger partial charge >= 0.3 is 6.09 Å². The molecule has 1 amide bonds. The fraction of sp³-hybridized carbons (Fsp3) is 0.625. The third-order valence-electron chi connectivity index (χ3n) is 4.57. The molecule has 0 bridgehead atoms. The third kappa shape index (κ3) is 3.81. The van der Waals surface area contributed by atoms with Gasteiger partial charge in [0.1, 0.15) is 16.3 Å². The van der Waals surface area contributed by atoms with Gasteiger partial charge < -0.3 is 15.4 Å². The Balaban J connectivity index is 1.70. The predicted molar refractivity (Wildman–Crippen MR) is 99.9 cm³/mol. The second-order valence-corrected chi connectivity index (χ2v) is 10.6. The number of pyridine rings is 1. The van der Waals surface area contributed by atoms with E-state index in [0.29, 0.717) is 30.7 Å². The van der Waals surface area contributed by atoms with Crippen LogP contribution in [0.2, 0.25) is 0 Å². The molecule has 2 aliphatic heterocycles. The lowest BCUT2D eigenvalue weighted by molar-refractivity contribution is 0.0279. The van der Waals surface area contributed by atoms with Crippen LogP contribution in [-0.2, 0) is 14.8 Å². The maximum atomic E-state index is 12.9. The van der Waals surface area contributed by atoms with Gasteiger partial charge in [-0.3, -0.25) is 0 Å². The van der Waals surface area contributed by atoms with E-state index in [0.717, 1.165) is 0 Å². The number of carbonyl (C=O) groups excluding carboxylic acids is 1. The molecule has 2 fully saturated rings. The number of carbonyl (C=O) groups is 1. The molecule has 8 nitrogen and oxygen atoms in total. The maximum absolute atomic E-state index is 12.9. The molecule has 10 heteroatoms. The van der Waals surface area contributed by atoms with E-state index in [1.807, 2.05) is 20.8 Å². The van der Waals surface area contributed by atoms with Crippen LogP contribution in [0.15, 0.2) is 21.6 Å². The Morgan fingerprint density at radius 2 is 1.85 bits per heavy atom. The standard InChI is InChI=1S/C16H23BrN4O4S/c1-16(2,3)25-15(22)20-6-10-8-21(9-11(10)7-20)26(23,24)13-4-12(17)5-19-14(13)18/h4-5,10-11H,6-9H2,1-3H3,(H2,18,19)/t10-,11-/m0/s1. The second kappa shape index (κ2) is 6.65. The molecular weight excluding hydrogens is 424 g/mol. The van der Waals surface area contributed by atoms with Crippen molar-refractivity contribution in [2.45, 2.75) is 31.3 Å². The number of hydrogen-bond donors (Lipinski definition) is 1. The minimum Gasteiger partial charge on any atom is -0.444 e. The van der Waals surface area contributed by atoms with Gasteiger partial charge in [0.2, 0.25) is 10.0 Å². The van der Waals surface area contributed by atoms with Crippen LogP contribution in [0.5, 0.6) is 0 Å². The normalized spacial score (nSPS) is 23.9. The lowest BCUT2D eigenvalue weighted by Crippen LogP contribution is -2.38. The highest BCUT2D eigenvalue weighted by atomic mass is 79.9. The average molecular weight is 447 g/mol. The number of halogens is 1. The first-order chi connectivity index (χ1) is 12.0. The van der Waals surface area contributed by atoms with E-state index in [9.17, 15) is 13.2 Å². The van der Waals surface area contributed by atoms with Gasteiger partial charge in [-0.25, -0.2) is 18.2 Å². The number of ether oxygens (including phenoxy) is 1. The molecule has 1 aromatic heterocycles. The summed E-state index contributed by atoms with van der Waals surface area (Å²) in [5.41, 5.74) is 5.23. The summed E-state index contributed by atoms with van der Waals surface area (Å²) in [7, 11) is -3.72. The van der Waals surface area contributed by atoms with Crippen LogP contribution in [0.25, 0.3) is 0 Å². The number of hydrogen-bond acceptors (Lipinski definition) is 6. The fourth-order valence-electron chi connectivity index (χ4n) is 3.40. The van der Waals surface area contributed by atoms with Crippen molar-refractivity contribution in [3.8, 4) is 0 Å². The highest BCUT2D eigenvalue weighted by molar-refractivity contribution is 9.10. The smallest absolute Gasteiger partial charge is 0.410 e. The Hall–Kier alpha value is -1.39. The summed E-state index contributed by atoms with van der Waals surface area (Å²) in [4.78, 5) is 17.8. The van der Waals surface area contributed by atoms with Crippen molar-refractivity contribution >= 4 is 37.9 Å². The van der Waals surface area contributed by atoms with Gasteiger partial charge in [-0.2, -0.15) is 4.31 Å². The van der Waals surface area contributed by atoms with E-state index in [1.165, 1.54) is 16.6 Å². The zero-order valence-electron chi connectivity index (χ0n) is 15.0. The van der Waals surface area contributed by atoms with Crippen molar-refractivity contribution in [2.24, 2.45) is 11.8 Å². The van der Waals surface area contributed by atoms with E-state index in [1.54, 1.807) is 4.90 Å². The van der Waals surface area contributed by atoms with Crippen LogP contribution >= 0.6 is 15.9 Å². The van der Waals surface area contributed by atoms with Crippen LogP contribution in [0.1, 0.15) is 20.8 Å². The minimum absolute atomic E-state index is 0.0100. The number of anilines is 1. The minimum atomic E-state index is -3.72. The number of nitrogens with two attached hydrogens (primary N) is 1. The lowest BCUT2D eigenvalue weighted by atomic mass is 10.0. The summed E-state index contributed by atoms with van der Waals surface area (Å²) in [6.07, 6.45) is 1.12. The first-order valence-corrected chi connectivity index (χ1v) is 10.6. The van der Waals surface area contributed by atoms with Gasteiger partial charge in [-0.1, -0.05) is 0 Å². The van der Waals surface area contributed by atoms with E-state index in [2.05, 4.69) is 20.9 Å². The molecule has 144 valence electrons. The van der Waals surface area contributed by atoms with E-state index < -0.39 is 15.6 Å². The number of nitrogen functional groups attached to an aromatic ring is 1. The topological polar surface area (TPSA) is 106 Å². The molecule has 2 saturated heterocycles. The SMILES string of the molecule is CC(C)(C)OC(=O)N1C[C@H]2CN(S(=O)(=O)c3cc(Br)cnc3N)C[C@@H]2C1. The molecule has 2 aliphatic rings. The molecule has 0 unspecified atom stereocenters. The number of likely N-dealkylation sites (tertiary alicyclic amines) is 1. The zero-order valence-corrected chi connectivity index (χ0v) is 17.4. The summed E-state index contributed by atoms with van der Waals surface area (Å²) in [6.45, 7) is 7.19. The van der Waals surface area contributed by atoms with Crippen LogP contribution in [0, 0.1) is 11.8 Å². The van der Waals surface area contributed by atoms with Gasteiger partial charge in [0.05, 0.1) is 0 Å². The van der Waals surface area contributed by atoms with E-state index in [4.69, 9.17) is 10.5 Å². The molecule has 0 radical (unpaired) electrons. The quantitative estimate of drug-likeness (QED) is 0.743. The monoisotopic (exact) mass is 446 g/mol. The van der Waals surface area contributed by atoms with Crippen LogP contribution < -0.4 is 5.73 Å². The first kappa shape index (κ1) is 19.4. The van der Waals surface area contributed by atoms with Gasteiger partial charge in [-0.05, 0) is 54.6 Å². The van der Waals surface area contributed by atoms with Crippen molar-refractivity contribution in [2.75, 3.05) is 31.9 Å². The molecular formula is C16H23BrN4O4S. The number of nitrogens with zero attached hydrogens (tertiary/aromatic N) is 3. The number of sulfonamides is 1. The second-order valence-electron chi connectivity index (χ2n) is 7.76. The van der Waals surface area contributed by atoms with Crippen LogP contribution in [0.3, 0.4) is 0 Å². The molecule has 3 heterocycles. The molecule has 0 aromatic carbocycles. The van der Waals surface area contributed by atoms with Crippen molar-refractivity contribution in [1.82, 2.24) is 14.2 Å². The molecule has 3 rings (SSSR count). The van der Waals surface area contributed by atoms with Crippen molar-refractivity contribution in [3.05, 3.63) is 16.7 Å². The Morgan fingerprint density at radius 1 is 1.27 bits per heavy atom. The number of rotatable bonds is 2. The number of amides is 1. The predicted octanol–water partition coefficient (Wildman–Crippen LogP) is 1.91. The molecule has 0 spiro atoms. The summed E-state index contributed by atoms with van der Waals surface area (Å²) >= 11 is 3.23. The Labute approximate surface area is 161 Å². The molecule has 26 heavy (non-hydrogen) atoms. The Morgan fingerprint density at radius 3 is 2.38 bits per heavy atom. The van der Waals surface area contributed by atoms with E-state index >= 15 is 0 Å². The summed E-state index contributed by atoms with van der Waals surface area (Å²) in [5.74, 6) is 0.179. The summed E-state index contributed by atoms with van der Waals surface area (Å²) in [5, 5.41) is 0. The molecule has 2 N–H and O–H groups in total. The molecule has 0 aliphatic carbocycles. The highest BCUT2D eigenvalue weighted by Gasteiger charge is 2.46. The Kier molecular flexibility index (Phi) is 4.95. The van der Waals surface area contributed by atoms with Crippen LogP contribution in [-0.4, -0.2) is 60.5 Å². The maximum Gasteiger partial charge on any atom is 0.410 e. The van der Waals surface area contributed by atoms with Gasteiger partial charge in [0.25, 0.3) is 0 Å². The van der Waals surface area contributed by atoms with Crippen molar-refractivity contribution in [3.63, 3.8) is 0 Å². The zero-order chi connectivity index (χ0) is 19.3. The van der Waals surface area contributed by atoms with Crippen molar-refractivity contribution in [1.29, 1.82) is 0 Å². The number of aromatic nitrogens is 1. The molecule has 0 saturated carbocycles. The summed E-state index contributed by atoms with van der Waals surface area (Å²) in [6, 6.07) is 1.47. The van der Waals surface area contributed by atoms with Crippen molar-refractivity contribution < 1.29 is 17.9 Å². The largest absolute Gasteiger partial charge is 0.444 e. The van der Waals surface area contributed by atoms with Gasteiger partial charge in [0, 0.05) is 36.8 Å². The number of fused-ring (bicyclic) bond motifs is 1. The van der Waals surface area contributed by atoms with Gasteiger partial charge in [0.15, 0.2) is 0 Å².